The van der Waals surface area contributed by atoms with Crippen molar-refractivity contribution in [3.63, 3.8) is 0 Å². The summed E-state index contributed by atoms with van der Waals surface area (Å²) in [7, 11) is 0. The minimum atomic E-state index is -0.763. The van der Waals surface area contributed by atoms with Crippen LogP contribution in [0.1, 0.15) is 25.8 Å². The van der Waals surface area contributed by atoms with E-state index in [1.807, 2.05) is 13.8 Å². The number of rotatable bonds is 5. The van der Waals surface area contributed by atoms with E-state index in [4.69, 9.17) is 5.73 Å². The number of carbonyl (C=O) groups is 2. The second-order valence-corrected chi connectivity index (χ2v) is 4.82. The van der Waals surface area contributed by atoms with Crippen molar-refractivity contribution in [3.8, 4) is 0 Å². The molecule has 2 atom stereocenters. The number of urea groups is 1. The average molecular weight is 281 g/mol. The van der Waals surface area contributed by atoms with Gasteiger partial charge in [0.1, 0.15) is 11.9 Å². The molecule has 0 aliphatic heterocycles. The number of carbonyl (C=O) groups excluding carboxylic acids is 2. The maximum Gasteiger partial charge on any atom is 0.312 e. The Balaban J connectivity index is 2.90. The summed E-state index contributed by atoms with van der Waals surface area (Å²) in [6, 6.07) is 2.62. The molecule has 1 rings (SSSR count). The Labute approximate surface area is 117 Å². The summed E-state index contributed by atoms with van der Waals surface area (Å²) < 4.78 is 13.2. The van der Waals surface area contributed by atoms with E-state index in [0.29, 0.717) is 12.1 Å². The quantitative estimate of drug-likeness (QED) is 0.772. The van der Waals surface area contributed by atoms with Gasteiger partial charge in [-0.2, -0.15) is 0 Å². The molecule has 0 spiro atoms. The molecule has 20 heavy (non-hydrogen) atoms. The van der Waals surface area contributed by atoms with Gasteiger partial charge in [0.15, 0.2) is 0 Å². The van der Waals surface area contributed by atoms with Crippen LogP contribution in [-0.4, -0.2) is 18.0 Å². The van der Waals surface area contributed by atoms with Gasteiger partial charge in [-0.05, 0) is 30.5 Å². The third-order valence-electron chi connectivity index (χ3n) is 3.25. The molecule has 0 unspecified atom stereocenters. The molecule has 0 radical (unpaired) electrons. The number of primary amides is 1. The van der Waals surface area contributed by atoms with Crippen LogP contribution < -0.4 is 16.4 Å². The highest BCUT2D eigenvalue weighted by atomic mass is 19.1. The number of anilines is 1. The highest BCUT2D eigenvalue weighted by Gasteiger charge is 2.25. The van der Waals surface area contributed by atoms with E-state index in [9.17, 15) is 14.0 Å². The Morgan fingerprint density at radius 3 is 2.60 bits per heavy atom. The van der Waals surface area contributed by atoms with Crippen LogP contribution in [0.2, 0.25) is 0 Å². The number of benzene rings is 1. The Bertz CT molecular complexity index is 505. The van der Waals surface area contributed by atoms with Crippen molar-refractivity contribution in [2.24, 2.45) is 11.7 Å². The normalized spacial score (nSPS) is 13.4. The van der Waals surface area contributed by atoms with Crippen LogP contribution in [0, 0.1) is 18.7 Å². The third-order valence-corrected chi connectivity index (χ3v) is 3.25. The monoisotopic (exact) mass is 281 g/mol. The maximum atomic E-state index is 13.2. The molecular weight excluding hydrogens is 261 g/mol. The molecule has 0 fully saturated rings. The molecule has 0 aliphatic carbocycles. The van der Waals surface area contributed by atoms with Crippen molar-refractivity contribution in [2.45, 2.75) is 33.2 Å². The predicted molar refractivity (Wildman–Crippen MR) is 75.7 cm³/mol. The average Bonchev–Trinajstić information content (AvgIpc) is 2.39. The lowest BCUT2D eigenvalue weighted by Crippen LogP contribution is -2.49. The first kappa shape index (κ1) is 15.9. The second kappa shape index (κ2) is 6.88. The number of halogens is 1. The van der Waals surface area contributed by atoms with Crippen molar-refractivity contribution in [3.05, 3.63) is 29.6 Å². The highest BCUT2D eigenvalue weighted by Crippen LogP contribution is 2.17. The number of nitrogens with two attached hydrogens (primary N) is 1. The molecule has 4 N–H and O–H groups in total. The first-order valence-corrected chi connectivity index (χ1v) is 6.48. The van der Waals surface area contributed by atoms with Crippen molar-refractivity contribution in [2.75, 3.05) is 5.32 Å². The molecule has 110 valence electrons. The van der Waals surface area contributed by atoms with Crippen molar-refractivity contribution in [1.82, 2.24) is 5.32 Å². The molecule has 3 amide bonds. The third kappa shape index (κ3) is 4.22. The summed E-state index contributed by atoms with van der Waals surface area (Å²) in [4.78, 5) is 23.2. The van der Waals surface area contributed by atoms with Crippen LogP contribution in [0.3, 0.4) is 0 Å². The number of hydrogen-bond acceptors (Lipinski definition) is 2. The summed E-state index contributed by atoms with van der Waals surface area (Å²) in [5.74, 6) is -0.933. The molecular formula is C14H20FN3O2. The standard InChI is InChI=1S/C14H20FN3O2/c1-4-8(2)12(18-14(16)20)13(19)17-11-7-10(15)6-5-9(11)3/h5-8,12H,4H2,1-3H3,(H,17,19)(H3,16,18,20)/t8-,12+/m0/s1. The molecule has 1 aromatic rings. The van der Waals surface area contributed by atoms with Crippen LogP contribution in [0.4, 0.5) is 14.9 Å². The molecule has 6 heteroatoms. The van der Waals surface area contributed by atoms with Gasteiger partial charge < -0.3 is 16.4 Å². The van der Waals surface area contributed by atoms with E-state index in [1.54, 1.807) is 13.0 Å². The zero-order valence-electron chi connectivity index (χ0n) is 11.9. The van der Waals surface area contributed by atoms with Gasteiger partial charge in [0.25, 0.3) is 0 Å². The van der Waals surface area contributed by atoms with Gasteiger partial charge in [-0.3, -0.25) is 4.79 Å². The van der Waals surface area contributed by atoms with Gasteiger partial charge in [-0.15, -0.1) is 0 Å². The molecule has 1 aromatic carbocycles. The molecule has 0 aromatic heterocycles. The smallest absolute Gasteiger partial charge is 0.312 e. The van der Waals surface area contributed by atoms with Crippen LogP contribution in [0.25, 0.3) is 0 Å². The summed E-state index contributed by atoms with van der Waals surface area (Å²) in [6.07, 6.45) is 0.695. The lowest BCUT2D eigenvalue weighted by atomic mass is 9.98. The van der Waals surface area contributed by atoms with Gasteiger partial charge in [0.05, 0.1) is 0 Å². The van der Waals surface area contributed by atoms with Crippen LogP contribution in [-0.2, 0) is 4.79 Å². The lowest BCUT2D eigenvalue weighted by molar-refractivity contribution is -0.119. The summed E-state index contributed by atoms with van der Waals surface area (Å²) in [5, 5.41) is 5.04. The molecule has 0 saturated carbocycles. The lowest BCUT2D eigenvalue weighted by Gasteiger charge is -2.23. The van der Waals surface area contributed by atoms with E-state index in [1.165, 1.54) is 12.1 Å². The van der Waals surface area contributed by atoms with E-state index >= 15 is 0 Å². The number of amides is 3. The van der Waals surface area contributed by atoms with Crippen LogP contribution in [0.5, 0.6) is 0 Å². The number of nitrogens with one attached hydrogen (secondary N) is 2. The van der Waals surface area contributed by atoms with E-state index in [0.717, 1.165) is 5.56 Å². The first-order valence-electron chi connectivity index (χ1n) is 6.48. The van der Waals surface area contributed by atoms with Gasteiger partial charge in [0, 0.05) is 5.69 Å². The molecule has 0 bridgehead atoms. The van der Waals surface area contributed by atoms with E-state index in [-0.39, 0.29) is 5.92 Å². The van der Waals surface area contributed by atoms with E-state index in [2.05, 4.69) is 10.6 Å². The van der Waals surface area contributed by atoms with E-state index < -0.39 is 23.8 Å². The summed E-state index contributed by atoms with van der Waals surface area (Å²) in [5.41, 5.74) is 6.20. The summed E-state index contributed by atoms with van der Waals surface area (Å²) in [6.45, 7) is 5.49. The minimum absolute atomic E-state index is 0.0867. The largest absolute Gasteiger partial charge is 0.352 e. The Hall–Kier alpha value is -2.11. The number of hydrogen-bond donors (Lipinski definition) is 3. The number of aryl methyl sites for hydroxylation is 1. The Morgan fingerprint density at radius 2 is 2.05 bits per heavy atom. The minimum Gasteiger partial charge on any atom is -0.352 e. The molecule has 0 heterocycles. The van der Waals surface area contributed by atoms with Crippen LogP contribution >= 0.6 is 0 Å². The van der Waals surface area contributed by atoms with Gasteiger partial charge >= 0.3 is 6.03 Å². The van der Waals surface area contributed by atoms with Crippen molar-refractivity contribution < 1.29 is 14.0 Å². The second-order valence-electron chi connectivity index (χ2n) is 4.82. The fraction of sp³-hybridized carbons (Fsp3) is 0.429. The van der Waals surface area contributed by atoms with Crippen molar-refractivity contribution >= 4 is 17.6 Å². The van der Waals surface area contributed by atoms with Gasteiger partial charge in [-0.25, -0.2) is 9.18 Å². The topological polar surface area (TPSA) is 84.2 Å². The molecule has 0 saturated heterocycles. The zero-order chi connectivity index (χ0) is 15.3. The Kier molecular flexibility index (Phi) is 5.49. The van der Waals surface area contributed by atoms with Gasteiger partial charge in [0.2, 0.25) is 5.91 Å². The highest BCUT2D eigenvalue weighted by molar-refractivity contribution is 5.97. The first-order chi connectivity index (χ1) is 9.35. The SMILES string of the molecule is CC[C@H](C)[C@@H](NC(N)=O)C(=O)Nc1cc(F)ccc1C. The molecule has 5 nitrogen and oxygen atoms in total. The zero-order valence-corrected chi connectivity index (χ0v) is 11.9. The predicted octanol–water partition coefficient (Wildman–Crippen LogP) is 2.16. The summed E-state index contributed by atoms with van der Waals surface area (Å²) >= 11 is 0. The van der Waals surface area contributed by atoms with Crippen LogP contribution in [0.15, 0.2) is 18.2 Å². The van der Waals surface area contributed by atoms with Crippen molar-refractivity contribution in [1.29, 1.82) is 0 Å². The Morgan fingerprint density at radius 1 is 1.40 bits per heavy atom. The fourth-order valence-electron chi connectivity index (χ4n) is 1.79. The maximum absolute atomic E-state index is 13.2. The van der Waals surface area contributed by atoms with Gasteiger partial charge in [-0.1, -0.05) is 26.3 Å². The molecule has 0 aliphatic rings. The fourth-order valence-corrected chi connectivity index (χ4v) is 1.79.